The fourth-order valence-corrected chi connectivity index (χ4v) is 2.02. The van der Waals surface area contributed by atoms with E-state index in [4.69, 9.17) is 11.6 Å². The summed E-state index contributed by atoms with van der Waals surface area (Å²) in [6.45, 7) is 1.55. The zero-order valence-corrected chi connectivity index (χ0v) is 10.4. The van der Waals surface area contributed by atoms with Gasteiger partial charge in [-0.15, -0.1) is 0 Å². The Bertz CT molecular complexity index is 677. The predicted molar refractivity (Wildman–Crippen MR) is 66.0 cm³/mol. The summed E-state index contributed by atoms with van der Waals surface area (Å²) in [6.07, 6.45) is 0. The number of hydrogen-bond donors (Lipinski definition) is 0. The van der Waals surface area contributed by atoms with Crippen molar-refractivity contribution in [1.29, 1.82) is 0 Å². The Morgan fingerprint density at radius 2 is 1.95 bits per heavy atom. The quantitative estimate of drug-likeness (QED) is 0.477. The van der Waals surface area contributed by atoms with Crippen LogP contribution < -0.4 is 0 Å². The van der Waals surface area contributed by atoms with E-state index in [1.54, 1.807) is 6.92 Å². The van der Waals surface area contributed by atoms with Crippen LogP contribution in [0.4, 0.5) is 14.5 Å². The van der Waals surface area contributed by atoms with E-state index < -0.39 is 22.2 Å². The molecule has 0 aliphatic carbocycles. The lowest BCUT2D eigenvalue weighted by atomic mass is 10.0. The molecule has 0 unspecified atom stereocenters. The molecule has 0 aliphatic heterocycles. The van der Waals surface area contributed by atoms with E-state index in [0.717, 1.165) is 18.2 Å². The molecule has 1 aromatic heterocycles. The topological polar surface area (TPSA) is 56.0 Å². The normalized spacial score (nSPS) is 10.5. The van der Waals surface area contributed by atoms with Crippen LogP contribution in [-0.2, 0) is 0 Å². The minimum Gasteiger partial charge on any atom is -0.258 e. The number of nitrogens with zero attached hydrogens (tertiary/aromatic N) is 2. The predicted octanol–water partition coefficient (Wildman–Crippen LogP) is 3.90. The number of aromatic nitrogens is 1. The van der Waals surface area contributed by atoms with Crippen molar-refractivity contribution in [2.75, 3.05) is 0 Å². The van der Waals surface area contributed by atoms with Gasteiger partial charge in [-0.2, -0.15) is 0 Å². The first-order chi connectivity index (χ1) is 8.90. The number of aryl methyl sites for hydroxylation is 1. The molecule has 0 fully saturated rings. The summed E-state index contributed by atoms with van der Waals surface area (Å²) >= 11 is 5.70. The summed E-state index contributed by atoms with van der Waals surface area (Å²) in [5.41, 5.74) is -0.496. The zero-order chi connectivity index (χ0) is 14.2. The van der Waals surface area contributed by atoms with Crippen LogP contribution in [0.1, 0.15) is 5.69 Å². The number of benzene rings is 1. The molecule has 2 aromatic rings. The average molecular weight is 285 g/mol. The highest BCUT2D eigenvalue weighted by Crippen LogP contribution is 2.36. The first-order valence-electron chi connectivity index (χ1n) is 5.17. The Hall–Kier alpha value is -2.08. The summed E-state index contributed by atoms with van der Waals surface area (Å²) in [6, 6.07) is 4.01. The van der Waals surface area contributed by atoms with Gasteiger partial charge in [0.1, 0.15) is 11.6 Å². The largest absolute Gasteiger partial charge is 0.314 e. The van der Waals surface area contributed by atoms with Gasteiger partial charge in [0.2, 0.25) is 5.15 Å². The van der Waals surface area contributed by atoms with Crippen molar-refractivity contribution in [3.8, 4) is 11.1 Å². The minimum atomic E-state index is -0.772. The van der Waals surface area contributed by atoms with Crippen molar-refractivity contribution in [3.05, 3.63) is 56.9 Å². The van der Waals surface area contributed by atoms with Crippen LogP contribution in [0.25, 0.3) is 11.1 Å². The third-order valence-corrected chi connectivity index (χ3v) is 2.74. The maximum Gasteiger partial charge on any atom is 0.314 e. The Kier molecular flexibility index (Phi) is 3.44. The molecule has 0 N–H and O–H groups in total. The molecular formula is C12H7ClF2N2O2. The van der Waals surface area contributed by atoms with Gasteiger partial charge in [0, 0.05) is 11.3 Å². The Morgan fingerprint density at radius 1 is 1.26 bits per heavy atom. The van der Waals surface area contributed by atoms with Crippen LogP contribution in [0.3, 0.4) is 0 Å². The van der Waals surface area contributed by atoms with Crippen LogP contribution in [-0.4, -0.2) is 9.91 Å². The molecular weight excluding hydrogens is 278 g/mol. The van der Waals surface area contributed by atoms with Crippen LogP contribution in [0.15, 0.2) is 24.3 Å². The van der Waals surface area contributed by atoms with Crippen LogP contribution in [0, 0.1) is 28.7 Å². The second kappa shape index (κ2) is 4.89. The van der Waals surface area contributed by atoms with Gasteiger partial charge < -0.3 is 0 Å². The van der Waals surface area contributed by atoms with Crippen LogP contribution in [0.5, 0.6) is 0 Å². The van der Waals surface area contributed by atoms with E-state index in [0.29, 0.717) is 5.69 Å². The molecule has 0 saturated heterocycles. The lowest BCUT2D eigenvalue weighted by Gasteiger charge is -2.07. The van der Waals surface area contributed by atoms with Crippen LogP contribution in [0.2, 0.25) is 5.15 Å². The number of hydrogen-bond acceptors (Lipinski definition) is 3. The van der Waals surface area contributed by atoms with E-state index in [2.05, 4.69) is 4.98 Å². The smallest absolute Gasteiger partial charge is 0.258 e. The van der Waals surface area contributed by atoms with E-state index >= 15 is 0 Å². The highest BCUT2D eigenvalue weighted by Gasteiger charge is 2.24. The van der Waals surface area contributed by atoms with Gasteiger partial charge in [0.15, 0.2) is 0 Å². The molecule has 0 bridgehead atoms. The van der Waals surface area contributed by atoms with Crippen molar-refractivity contribution in [2.24, 2.45) is 0 Å². The molecule has 4 nitrogen and oxygen atoms in total. The van der Waals surface area contributed by atoms with Gasteiger partial charge in [-0.3, -0.25) is 10.1 Å². The molecule has 0 aliphatic rings. The molecule has 0 amide bonds. The highest BCUT2D eigenvalue weighted by molar-refractivity contribution is 6.32. The summed E-state index contributed by atoms with van der Waals surface area (Å²) < 4.78 is 26.9. The van der Waals surface area contributed by atoms with Gasteiger partial charge >= 0.3 is 5.69 Å². The maximum absolute atomic E-state index is 13.7. The molecule has 0 radical (unpaired) electrons. The zero-order valence-electron chi connectivity index (χ0n) is 9.65. The average Bonchev–Trinajstić information content (AvgIpc) is 2.30. The monoisotopic (exact) mass is 284 g/mol. The molecule has 0 saturated carbocycles. The molecule has 1 aromatic carbocycles. The third kappa shape index (κ3) is 2.53. The van der Waals surface area contributed by atoms with Crippen LogP contribution >= 0.6 is 11.6 Å². The lowest BCUT2D eigenvalue weighted by Crippen LogP contribution is -1.98. The fourth-order valence-electron chi connectivity index (χ4n) is 1.71. The molecule has 1 heterocycles. The highest BCUT2D eigenvalue weighted by atomic mass is 35.5. The SMILES string of the molecule is Cc1cc(-c2cc(F)ccc2F)c([N+](=O)[O-])c(Cl)n1. The van der Waals surface area contributed by atoms with Gasteiger partial charge in [0.05, 0.1) is 10.5 Å². The van der Waals surface area contributed by atoms with Gasteiger partial charge in [-0.25, -0.2) is 13.8 Å². The summed E-state index contributed by atoms with van der Waals surface area (Å²) in [5, 5.41) is 10.6. The van der Waals surface area contributed by atoms with E-state index in [1.807, 2.05) is 0 Å². The second-order valence-corrected chi connectivity index (χ2v) is 4.19. The van der Waals surface area contributed by atoms with E-state index in [1.165, 1.54) is 6.07 Å². The fraction of sp³-hybridized carbons (Fsp3) is 0.0833. The molecule has 19 heavy (non-hydrogen) atoms. The molecule has 7 heteroatoms. The summed E-state index contributed by atoms with van der Waals surface area (Å²) in [7, 11) is 0. The third-order valence-electron chi connectivity index (χ3n) is 2.48. The second-order valence-electron chi connectivity index (χ2n) is 3.83. The van der Waals surface area contributed by atoms with Gasteiger partial charge in [-0.1, -0.05) is 11.6 Å². The Balaban J connectivity index is 2.81. The Labute approximate surface area is 111 Å². The molecule has 0 spiro atoms. The molecule has 98 valence electrons. The molecule has 2 rings (SSSR count). The van der Waals surface area contributed by atoms with E-state index in [9.17, 15) is 18.9 Å². The van der Waals surface area contributed by atoms with Crippen molar-refractivity contribution in [2.45, 2.75) is 6.92 Å². The number of nitro groups is 1. The summed E-state index contributed by atoms with van der Waals surface area (Å²) in [5.74, 6) is -1.47. The number of rotatable bonds is 2. The standard InChI is InChI=1S/C12H7ClF2N2O2/c1-6-4-9(11(17(18)19)12(13)16-6)8-5-7(14)2-3-10(8)15/h2-5H,1H3. The van der Waals surface area contributed by atoms with Crippen molar-refractivity contribution in [3.63, 3.8) is 0 Å². The summed E-state index contributed by atoms with van der Waals surface area (Å²) in [4.78, 5) is 14.0. The minimum absolute atomic E-state index is 0.0977. The Morgan fingerprint density at radius 3 is 2.58 bits per heavy atom. The maximum atomic E-state index is 13.7. The molecule has 0 atom stereocenters. The van der Waals surface area contributed by atoms with Gasteiger partial charge in [-0.05, 0) is 31.2 Å². The number of pyridine rings is 1. The van der Waals surface area contributed by atoms with Crippen molar-refractivity contribution in [1.82, 2.24) is 4.98 Å². The van der Waals surface area contributed by atoms with E-state index in [-0.39, 0.29) is 16.3 Å². The first kappa shape index (κ1) is 13.4. The van der Waals surface area contributed by atoms with Crippen molar-refractivity contribution >= 4 is 17.3 Å². The van der Waals surface area contributed by atoms with Gasteiger partial charge in [0.25, 0.3) is 0 Å². The first-order valence-corrected chi connectivity index (χ1v) is 5.55. The van der Waals surface area contributed by atoms with Crippen molar-refractivity contribution < 1.29 is 13.7 Å². The lowest BCUT2D eigenvalue weighted by molar-refractivity contribution is -0.384. The number of halogens is 3.